The molecule has 36 heavy (non-hydrogen) atoms. The molecule has 8 heteroatoms. The summed E-state index contributed by atoms with van der Waals surface area (Å²) in [5.74, 6) is -1.04. The topological polar surface area (TPSA) is 110 Å². The summed E-state index contributed by atoms with van der Waals surface area (Å²) >= 11 is 0. The van der Waals surface area contributed by atoms with Crippen molar-refractivity contribution >= 4 is 23.1 Å². The first-order valence-corrected chi connectivity index (χ1v) is 11.7. The number of ketones is 1. The number of non-ortho nitro benzene ring substituents is 1. The van der Waals surface area contributed by atoms with E-state index in [4.69, 9.17) is 4.74 Å². The molecule has 0 radical (unpaired) electrons. The molecule has 3 aromatic carbocycles. The minimum absolute atomic E-state index is 0.0149. The van der Waals surface area contributed by atoms with E-state index in [0.717, 1.165) is 16.9 Å². The van der Waals surface area contributed by atoms with E-state index < -0.39 is 22.7 Å². The Morgan fingerprint density at radius 3 is 2.50 bits per heavy atom. The second-order valence-corrected chi connectivity index (χ2v) is 9.03. The molecule has 2 aliphatic heterocycles. The van der Waals surface area contributed by atoms with Gasteiger partial charge in [0.25, 0.3) is 17.4 Å². The summed E-state index contributed by atoms with van der Waals surface area (Å²) in [6.45, 7) is 2.19. The van der Waals surface area contributed by atoms with Crippen LogP contribution in [0.4, 0.5) is 5.69 Å². The average Bonchev–Trinajstić information content (AvgIpc) is 3.38. The Balaban J connectivity index is 1.57. The van der Waals surface area contributed by atoms with Crippen LogP contribution in [0.2, 0.25) is 0 Å². The number of carbonyl (C=O) groups is 2. The minimum Gasteiger partial charge on any atom is -0.507 e. The van der Waals surface area contributed by atoms with Crippen molar-refractivity contribution in [2.75, 3.05) is 6.54 Å². The van der Waals surface area contributed by atoms with E-state index in [0.29, 0.717) is 24.0 Å². The van der Waals surface area contributed by atoms with Crippen LogP contribution in [0.25, 0.3) is 5.76 Å². The van der Waals surface area contributed by atoms with Gasteiger partial charge in [-0.1, -0.05) is 30.3 Å². The van der Waals surface area contributed by atoms with Gasteiger partial charge in [-0.2, -0.15) is 0 Å². The van der Waals surface area contributed by atoms with Gasteiger partial charge in [-0.15, -0.1) is 0 Å². The van der Waals surface area contributed by atoms with Crippen LogP contribution in [0, 0.1) is 10.1 Å². The number of aliphatic hydroxyl groups is 1. The van der Waals surface area contributed by atoms with Gasteiger partial charge in [-0.05, 0) is 60.4 Å². The van der Waals surface area contributed by atoms with Crippen molar-refractivity contribution in [2.24, 2.45) is 0 Å². The third kappa shape index (κ3) is 4.22. The Bertz CT molecular complexity index is 1380. The van der Waals surface area contributed by atoms with E-state index in [1.165, 1.54) is 29.2 Å². The molecule has 0 saturated carbocycles. The zero-order chi connectivity index (χ0) is 25.4. The first-order chi connectivity index (χ1) is 17.3. The van der Waals surface area contributed by atoms with Crippen LogP contribution in [0.3, 0.4) is 0 Å². The molecule has 3 aromatic rings. The van der Waals surface area contributed by atoms with Crippen molar-refractivity contribution < 1.29 is 24.4 Å². The monoisotopic (exact) mass is 484 g/mol. The summed E-state index contributed by atoms with van der Waals surface area (Å²) in [7, 11) is 0. The molecular formula is C28H24N2O6. The molecule has 0 bridgehead atoms. The average molecular weight is 485 g/mol. The van der Waals surface area contributed by atoms with E-state index in [2.05, 4.69) is 0 Å². The molecule has 1 saturated heterocycles. The highest BCUT2D eigenvalue weighted by Gasteiger charge is 2.46. The molecule has 2 heterocycles. The molecule has 8 nitrogen and oxygen atoms in total. The number of amides is 1. The molecule has 2 atom stereocenters. The number of fused-ring (bicyclic) bond motifs is 1. The summed E-state index contributed by atoms with van der Waals surface area (Å²) in [5, 5.41) is 22.5. The van der Waals surface area contributed by atoms with Gasteiger partial charge in [0.05, 0.1) is 16.5 Å². The molecule has 0 spiro atoms. The molecule has 1 fully saturated rings. The van der Waals surface area contributed by atoms with Crippen LogP contribution in [-0.4, -0.2) is 39.3 Å². The SMILES string of the molecule is C[C@H]1Cc2cc(C(O)=C3C(=O)C(=O)N(CCc4ccccc4)[C@H]3c3ccc([N+](=O)[O-])cc3)ccc2O1. The third-order valence-corrected chi connectivity index (χ3v) is 6.61. The molecule has 1 amide bonds. The number of nitro benzene ring substituents is 1. The first kappa shape index (κ1) is 23.3. The maximum atomic E-state index is 13.2. The maximum Gasteiger partial charge on any atom is 0.295 e. The van der Waals surface area contributed by atoms with Crippen molar-refractivity contribution in [3.05, 3.63) is 111 Å². The number of aliphatic hydroxyl groups excluding tert-OH is 1. The molecule has 0 unspecified atom stereocenters. The molecular weight excluding hydrogens is 460 g/mol. The largest absolute Gasteiger partial charge is 0.507 e. The lowest BCUT2D eigenvalue weighted by molar-refractivity contribution is -0.384. The van der Waals surface area contributed by atoms with E-state index in [1.54, 1.807) is 18.2 Å². The van der Waals surface area contributed by atoms with Crippen molar-refractivity contribution in [2.45, 2.75) is 31.9 Å². The number of rotatable bonds is 6. The van der Waals surface area contributed by atoms with Gasteiger partial charge in [-0.3, -0.25) is 19.7 Å². The number of likely N-dealkylation sites (tertiary alicyclic amines) is 1. The Kier molecular flexibility index (Phi) is 6.01. The number of ether oxygens (including phenoxy) is 1. The van der Waals surface area contributed by atoms with Crippen molar-refractivity contribution in [3.8, 4) is 5.75 Å². The standard InChI is InChI=1S/C28H24N2O6/c1-17-15-21-16-20(9-12-23(21)36-17)26(31)24-25(19-7-10-22(11-8-19)30(34)35)29(28(33)27(24)32)14-13-18-5-3-2-4-6-18/h2-12,16-17,25,31H,13-15H2,1H3/t17-,25-/m0/s1. The van der Waals surface area contributed by atoms with Crippen LogP contribution in [-0.2, 0) is 22.4 Å². The predicted octanol–water partition coefficient (Wildman–Crippen LogP) is 4.58. The molecule has 0 aromatic heterocycles. The van der Waals surface area contributed by atoms with Crippen molar-refractivity contribution in [3.63, 3.8) is 0 Å². The number of hydrogen-bond donors (Lipinski definition) is 1. The third-order valence-electron chi connectivity index (χ3n) is 6.61. The van der Waals surface area contributed by atoms with Crippen LogP contribution in [0.15, 0.2) is 78.4 Å². The van der Waals surface area contributed by atoms with Gasteiger partial charge >= 0.3 is 0 Å². The van der Waals surface area contributed by atoms with Crippen LogP contribution >= 0.6 is 0 Å². The van der Waals surface area contributed by atoms with Gasteiger partial charge in [0, 0.05) is 30.7 Å². The lowest BCUT2D eigenvalue weighted by Gasteiger charge is -2.25. The van der Waals surface area contributed by atoms with Crippen LogP contribution in [0.5, 0.6) is 5.75 Å². The van der Waals surface area contributed by atoms with Gasteiger partial charge in [0.2, 0.25) is 0 Å². The fourth-order valence-electron chi connectivity index (χ4n) is 4.85. The number of benzene rings is 3. The highest BCUT2D eigenvalue weighted by atomic mass is 16.6. The Morgan fingerprint density at radius 2 is 1.81 bits per heavy atom. The summed E-state index contributed by atoms with van der Waals surface area (Å²) in [4.78, 5) is 38.5. The molecule has 1 N–H and O–H groups in total. The Hall–Kier alpha value is -4.46. The second-order valence-electron chi connectivity index (χ2n) is 9.03. The van der Waals surface area contributed by atoms with Crippen LogP contribution in [0.1, 0.15) is 35.2 Å². The van der Waals surface area contributed by atoms with E-state index in [9.17, 15) is 24.8 Å². The fourth-order valence-corrected chi connectivity index (χ4v) is 4.85. The zero-order valence-electron chi connectivity index (χ0n) is 19.6. The minimum atomic E-state index is -0.877. The molecule has 5 rings (SSSR count). The zero-order valence-corrected chi connectivity index (χ0v) is 19.6. The molecule has 0 aliphatic carbocycles. The van der Waals surface area contributed by atoms with E-state index in [-0.39, 0.29) is 29.7 Å². The van der Waals surface area contributed by atoms with Gasteiger partial charge in [-0.25, -0.2) is 0 Å². The lowest BCUT2D eigenvalue weighted by Crippen LogP contribution is -2.31. The quantitative estimate of drug-likeness (QED) is 0.180. The highest BCUT2D eigenvalue weighted by Crippen LogP contribution is 2.41. The number of nitrogens with zero attached hydrogens (tertiary/aromatic N) is 2. The maximum absolute atomic E-state index is 13.2. The second kappa shape index (κ2) is 9.30. The van der Waals surface area contributed by atoms with Crippen molar-refractivity contribution in [1.82, 2.24) is 4.90 Å². The van der Waals surface area contributed by atoms with Gasteiger partial charge < -0.3 is 14.7 Å². The normalized spacial score (nSPS) is 20.3. The first-order valence-electron chi connectivity index (χ1n) is 11.7. The summed E-state index contributed by atoms with van der Waals surface area (Å²) in [6.07, 6.45) is 1.19. The number of hydrogen-bond acceptors (Lipinski definition) is 6. The number of nitro groups is 1. The number of carbonyl (C=O) groups excluding carboxylic acids is 2. The molecule has 2 aliphatic rings. The summed E-state index contributed by atoms with van der Waals surface area (Å²) in [6, 6.07) is 19.6. The van der Waals surface area contributed by atoms with E-state index >= 15 is 0 Å². The smallest absolute Gasteiger partial charge is 0.295 e. The number of Topliss-reactive ketones (excluding diaryl/α,β-unsaturated/α-hetero) is 1. The van der Waals surface area contributed by atoms with E-state index in [1.807, 2.05) is 37.3 Å². The van der Waals surface area contributed by atoms with Crippen molar-refractivity contribution in [1.29, 1.82) is 0 Å². The van der Waals surface area contributed by atoms with Crippen LogP contribution < -0.4 is 4.74 Å². The predicted molar refractivity (Wildman–Crippen MR) is 132 cm³/mol. The summed E-state index contributed by atoms with van der Waals surface area (Å²) in [5.41, 5.74) is 2.69. The summed E-state index contributed by atoms with van der Waals surface area (Å²) < 4.78 is 5.74. The van der Waals surface area contributed by atoms with Gasteiger partial charge in [0.15, 0.2) is 0 Å². The lowest BCUT2D eigenvalue weighted by atomic mass is 9.94. The highest BCUT2D eigenvalue weighted by molar-refractivity contribution is 6.46. The van der Waals surface area contributed by atoms with Gasteiger partial charge in [0.1, 0.15) is 17.6 Å². The fraction of sp³-hybridized carbons (Fsp3) is 0.214. The Labute approximate surface area is 207 Å². The Morgan fingerprint density at radius 1 is 1.08 bits per heavy atom. The molecule has 182 valence electrons.